The lowest BCUT2D eigenvalue weighted by Gasteiger charge is -2.13. The summed E-state index contributed by atoms with van der Waals surface area (Å²) in [6.07, 6.45) is -4.29. The molecular weight excluding hydrogens is 265 g/mol. The Bertz CT molecular complexity index is 403. The fourth-order valence-electron chi connectivity index (χ4n) is 1.37. The van der Waals surface area contributed by atoms with Gasteiger partial charge in [0.25, 0.3) is 0 Å². The Balaban J connectivity index is 2.32. The van der Waals surface area contributed by atoms with Crippen LogP contribution in [0.25, 0.3) is 0 Å². The molecule has 0 saturated carbocycles. The number of rotatable bonds is 5. The van der Waals surface area contributed by atoms with E-state index in [4.69, 9.17) is 0 Å². The van der Waals surface area contributed by atoms with Crippen LogP contribution in [0.1, 0.15) is 22.7 Å². The van der Waals surface area contributed by atoms with Crippen molar-refractivity contribution in [3.8, 4) is 0 Å². The van der Waals surface area contributed by atoms with Gasteiger partial charge in [-0.05, 0) is 26.0 Å². The highest BCUT2D eigenvalue weighted by Crippen LogP contribution is 2.22. The fraction of sp³-hybridized carbons (Fsp3) is 0.545. The molecule has 1 amide bonds. The second-order valence-electron chi connectivity index (χ2n) is 3.96. The smallest absolute Gasteiger partial charge is 0.348 e. The van der Waals surface area contributed by atoms with Crippen LogP contribution in [-0.2, 0) is 4.79 Å². The molecule has 102 valence electrons. The van der Waals surface area contributed by atoms with Crippen molar-refractivity contribution in [1.29, 1.82) is 0 Å². The van der Waals surface area contributed by atoms with E-state index in [0.717, 1.165) is 9.75 Å². The summed E-state index contributed by atoms with van der Waals surface area (Å²) in [6, 6.07) is 3.64. The Morgan fingerprint density at radius 2 is 2.11 bits per heavy atom. The van der Waals surface area contributed by atoms with Crippen LogP contribution in [0.2, 0.25) is 0 Å². The predicted molar refractivity (Wildman–Crippen MR) is 64.5 cm³/mol. The summed E-state index contributed by atoms with van der Waals surface area (Å²) in [6.45, 7) is 2.25. The molecule has 0 radical (unpaired) electrons. The molecule has 2 N–H and O–H groups in total. The molecule has 0 aromatic carbocycles. The molecule has 0 aliphatic rings. The van der Waals surface area contributed by atoms with E-state index >= 15 is 0 Å². The van der Waals surface area contributed by atoms with Gasteiger partial charge in [0.05, 0.1) is 19.1 Å². The Morgan fingerprint density at radius 3 is 2.61 bits per heavy atom. The number of alkyl halides is 3. The quantitative estimate of drug-likeness (QED) is 0.869. The molecule has 0 fully saturated rings. The average Bonchev–Trinajstić information content (AvgIpc) is 2.62. The van der Waals surface area contributed by atoms with Gasteiger partial charge in [-0.2, -0.15) is 13.2 Å². The first-order chi connectivity index (χ1) is 8.28. The summed E-state index contributed by atoms with van der Waals surface area (Å²) in [7, 11) is 0. The van der Waals surface area contributed by atoms with Crippen molar-refractivity contribution in [3.63, 3.8) is 0 Å². The minimum absolute atomic E-state index is 0.191. The van der Waals surface area contributed by atoms with Gasteiger partial charge >= 0.3 is 6.18 Å². The molecule has 0 aliphatic carbocycles. The van der Waals surface area contributed by atoms with E-state index in [-0.39, 0.29) is 12.6 Å². The molecule has 1 rings (SSSR count). The number of carbonyl (C=O) groups excluding carboxylic acids is 1. The third-order valence-corrected chi connectivity index (χ3v) is 3.36. The highest BCUT2D eigenvalue weighted by Gasteiger charge is 2.26. The Kier molecular flexibility index (Phi) is 5.15. The van der Waals surface area contributed by atoms with Crippen LogP contribution in [0, 0.1) is 6.92 Å². The van der Waals surface area contributed by atoms with Gasteiger partial charge in [-0.25, -0.2) is 0 Å². The summed E-state index contributed by atoms with van der Waals surface area (Å²) in [4.78, 5) is 13.5. The molecule has 7 heteroatoms. The minimum Gasteiger partial charge on any atom is -0.348 e. The van der Waals surface area contributed by atoms with Crippen molar-refractivity contribution in [2.45, 2.75) is 26.1 Å². The molecule has 1 aromatic rings. The van der Waals surface area contributed by atoms with E-state index < -0.39 is 18.6 Å². The number of thiophene rings is 1. The molecule has 0 spiro atoms. The molecular formula is C11H15F3N2OS. The zero-order valence-electron chi connectivity index (χ0n) is 10.1. The van der Waals surface area contributed by atoms with Crippen LogP contribution in [0.3, 0.4) is 0 Å². The Morgan fingerprint density at radius 1 is 1.44 bits per heavy atom. The van der Waals surface area contributed by atoms with E-state index in [1.54, 1.807) is 18.3 Å². The lowest BCUT2D eigenvalue weighted by Crippen LogP contribution is -2.38. The van der Waals surface area contributed by atoms with Gasteiger partial charge in [0.15, 0.2) is 0 Å². The van der Waals surface area contributed by atoms with Crippen LogP contribution >= 0.6 is 11.3 Å². The average molecular weight is 280 g/mol. The lowest BCUT2D eigenvalue weighted by atomic mass is 10.2. The maximum atomic E-state index is 11.8. The predicted octanol–water partition coefficient (Wildman–Crippen LogP) is 2.39. The number of hydrogen-bond donors (Lipinski definition) is 2. The number of carbonyl (C=O) groups is 1. The van der Waals surface area contributed by atoms with Crippen molar-refractivity contribution < 1.29 is 18.0 Å². The van der Waals surface area contributed by atoms with Gasteiger partial charge in [0.1, 0.15) is 0 Å². The molecule has 18 heavy (non-hydrogen) atoms. The summed E-state index contributed by atoms with van der Waals surface area (Å²) >= 11 is 1.55. The van der Waals surface area contributed by atoms with Gasteiger partial charge in [-0.1, -0.05) is 0 Å². The topological polar surface area (TPSA) is 41.1 Å². The maximum absolute atomic E-state index is 11.8. The maximum Gasteiger partial charge on any atom is 0.401 e. The standard InChI is InChI=1S/C11H15F3N2OS/c1-7-3-4-9(18-7)8(2)16-10(17)5-15-6-11(12,13)14/h3-4,8,15H,5-6H2,1-2H3,(H,16,17). The first-order valence-electron chi connectivity index (χ1n) is 5.41. The Hall–Kier alpha value is -1.08. The van der Waals surface area contributed by atoms with Crippen molar-refractivity contribution in [3.05, 3.63) is 21.9 Å². The summed E-state index contributed by atoms with van der Waals surface area (Å²) in [5.41, 5.74) is 0. The number of amides is 1. The number of aryl methyl sites for hydroxylation is 1. The highest BCUT2D eigenvalue weighted by molar-refractivity contribution is 7.12. The summed E-state index contributed by atoms with van der Waals surface area (Å²) < 4.78 is 35.5. The van der Waals surface area contributed by atoms with Crippen molar-refractivity contribution >= 4 is 17.2 Å². The van der Waals surface area contributed by atoms with Gasteiger partial charge in [-0.15, -0.1) is 11.3 Å². The van der Waals surface area contributed by atoms with Crippen LogP contribution in [0.5, 0.6) is 0 Å². The molecule has 0 aliphatic heterocycles. The molecule has 0 bridgehead atoms. The first kappa shape index (κ1) is 15.0. The molecule has 1 atom stereocenters. The molecule has 1 heterocycles. The van der Waals surface area contributed by atoms with E-state index in [1.807, 2.05) is 19.1 Å². The van der Waals surface area contributed by atoms with Gasteiger partial charge < -0.3 is 10.6 Å². The zero-order valence-corrected chi connectivity index (χ0v) is 10.9. The summed E-state index contributed by atoms with van der Waals surface area (Å²) in [5.74, 6) is -0.446. The van der Waals surface area contributed by atoms with Crippen LogP contribution < -0.4 is 10.6 Å². The fourth-order valence-corrected chi connectivity index (χ4v) is 2.25. The van der Waals surface area contributed by atoms with Gasteiger partial charge in [0, 0.05) is 9.75 Å². The van der Waals surface area contributed by atoms with Crippen LogP contribution in [-0.4, -0.2) is 25.2 Å². The van der Waals surface area contributed by atoms with E-state index in [2.05, 4.69) is 10.6 Å². The molecule has 1 aromatic heterocycles. The lowest BCUT2D eigenvalue weighted by molar-refractivity contribution is -0.128. The van der Waals surface area contributed by atoms with Crippen molar-refractivity contribution in [2.24, 2.45) is 0 Å². The third kappa shape index (κ3) is 5.50. The first-order valence-corrected chi connectivity index (χ1v) is 6.23. The van der Waals surface area contributed by atoms with Gasteiger partial charge in [0.2, 0.25) is 5.91 Å². The second kappa shape index (κ2) is 6.19. The van der Waals surface area contributed by atoms with E-state index in [9.17, 15) is 18.0 Å². The van der Waals surface area contributed by atoms with Crippen molar-refractivity contribution in [1.82, 2.24) is 10.6 Å². The monoisotopic (exact) mass is 280 g/mol. The molecule has 1 unspecified atom stereocenters. The van der Waals surface area contributed by atoms with E-state index in [1.165, 1.54) is 0 Å². The second-order valence-corrected chi connectivity index (χ2v) is 5.28. The third-order valence-electron chi connectivity index (χ3n) is 2.18. The normalized spacial score (nSPS) is 13.4. The largest absolute Gasteiger partial charge is 0.401 e. The van der Waals surface area contributed by atoms with E-state index in [0.29, 0.717) is 0 Å². The van der Waals surface area contributed by atoms with Gasteiger partial charge in [-0.3, -0.25) is 4.79 Å². The van der Waals surface area contributed by atoms with Crippen LogP contribution in [0.4, 0.5) is 13.2 Å². The Labute approximate surface area is 107 Å². The van der Waals surface area contributed by atoms with Crippen LogP contribution in [0.15, 0.2) is 12.1 Å². The number of hydrogen-bond acceptors (Lipinski definition) is 3. The SMILES string of the molecule is Cc1ccc(C(C)NC(=O)CNCC(F)(F)F)s1. The summed E-state index contributed by atoms with van der Waals surface area (Å²) in [5, 5.41) is 4.69. The highest BCUT2D eigenvalue weighted by atomic mass is 32.1. The molecule has 0 saturated heterocycles. The zero-order chi connectivity index (χ0) is 13.8. The minimum atomic E-state index is -4.29. The number of halogens is 3. The molecule has 3 nitrogen and oxygen atoms in total. The van der Waals surface area contributed by atoms with Crippen molar-refractivity contribution in [2.75, 3.05) is 13.1 Å². The number of nitrogens with one attached hydrogen (secondary N) is 2.